The van der Waals surface area contributed by atoms with E-state index in [4.69, 9.17) is 0 Å². The van der Waals surface area contributed by atoms with E-state index in [0.29, 0.717) is 6.42 Å². The minimum Gasteiger partial charge on any atom is -0.393 e. The number of halogens is 1. The predicted molar refractivity (Wildman–Crippen MR) is 69.6 cm³/mol. The second-order valence-corrected chi connectivity index (χ2v) is 6.70. The van der Waals surface area contributed by atoms with Crippen molar-refractivity contribution in [2.75, 3.05) is 6.54 Å². The third-order valence-corrected chi connectivity index (χ3v) is 4.90. The molecule has 0 saturated heterocycles. The molecule has 0 aliphatic heterocycles. The van der Waals surface area contributed by atoms with Gasteiger partial charge in [0.05, 0.1) is 6.10 Å². The molecule has 19 heavy (non-hydrogen) atoms. The van der Waals surface area contributed by atoms with Gasteiger partial charge in [-0.3, -0.25) is 0 Å². The second kappa shape index (κ2) is 5.98. The van der Waals surface area contributed by atoms with E-state index in [0.717, 1.165) is 25.3 Å². The van der Waals surface area contributed by atoms with Crippen LogP contribution in [0.1, 0.15) is 25.7 Å². The molecular formula is C13H18FNO3S. The van der Waals surface area contributed by atoms with Crippen molar-refractivity contribution < 1.29 is 17.9 Å². The van der Waals surface area contributed by atoms with Crippen molar-refractivity contribution in [1.82, 2.24) is 4.72 Å². The van der Waals surface area contributed by atoms with Crippen LogP contribution in [0.3, 0.4) is 0 Å². The van der Waals surface area contributed by atoms with Gasteiger partial charge >= 0.3 is 0 Å². The summed E-state index contributed by atoms with van der Waals surface area (Å²) in [5.41, 5.74) is 0. The van der Waals surface area contributed by atoms with Crippen LogP contribution in [0.4, 0.5) is 4.39 Å². The lowest BCUT2D eigenvalue weighted by Gasteiger charge is -2.25. The first-order chi connectivity index (χ1) is 8.99. The molecular weight excluding hydrogens is 269 g/mol. The third kappa shape index (κ3) is 3.75. The highest BCUT2D eigenvalue weighted by Crippen LogP contribution is 2.24. The number of nitrogens with one attached hydrogen (secondary N) is 1. The van der Waals surface area contributed by atoms with Crippen LogP contribution < -0.4 is 4.72 Å². The maximum absolute atomic E-state index is 13.5. The molecule has 2 unspecified atom stereocenters. The van der Waals surface area contributed by atoms with Gasteiger partial charge in [-0.25, -0.2) is 17.5 Å². The maximum Gasteiger partial charge on any atom is 0.243 e. The van der Waals surface area contributed by atoms with Crippen molar-refractivity contribution in [3.63, 3.8) is 0 Å². The molecule has 2 atom stereocenters. The van der Waals surface area contributed by atoms with E-state index >= 15 is 0 Å². The van der Waals surface area contributed by atoms with E-state index in [-0.39, 0.29) is 23.5 Å². The molecule has 2 N–H and O–H groups in total. The summed E-state index contributed by atoms with van der Waals surface area (Å²) < 4.78 is 39.8. The molecule has 6 heteroatoms. The molecule has 0 spiro atoms. The second-order valence-electron chi connectivity index (χ2n) is 4.97. The van der Waals surface area contributed by atoms with Gasteiger partial charge in [0.1, 0.15) is 10.7 Å². The standard InChI is InChI=1S/C13H18FNO3S/c14-12-6-1-2-7-13(12)19(17,18)15-9-10-4-3-5-11(16)8-10/h1-2,6-7,10-11,15-16H,3-5,8-9H2. The molecule has 1 aliphatic carbocycles. The summed E-state index contributed by atoms with van der Waals surface area (Å²) in [6, 6.07) is 5.31. The average Bonchev–Trinajstić information content (AvgIpc) is 2.37. The Kier molecular flexibility index (Phi) is 4.54. The highest BCUT2D eigenvalue weighted by atomic mass is 32.2. The Labute approximate surface area is 112 Å². The van der Waals surface area contributed by atoms with E-state index in [1.807, 2.05) is 0 Å². The number of aliphatic hydroxyl groups is 1. The van der Waals surface area contributed by atoms with E-state index in [1.165, 1.54) is 18.2 Å². The Morgan fingerprint density at radius 2 is 2.05 bits per heavy atom. The zero-order valence-electron chi connectivity index (χ0n) is 10.5. The van der Waals surface area contributed by atoms with Crippen molar-refractivity contribution in [2.24, 2.45) is 5.92 Å². The van der Waals surface area contributed by atoms with Crippen LogP contribution in [0.5, 0.6) is 0 Å². The highest BCUT2D eigenvalue weighted by molar-refractivity contribution is 7.89. The molecule has 4 nitrogen and oxygen atoms in total. The summed E-state index contributed by atoms with van der Waals surface area (Å²) in [5.74, 6) is -0.635. The van der Waals surface area contributed by atoms with Crippen LogP contribution in [0.25, 0.3) is 0 Å². The van der Waals surface area contributed by atoms with Crippen LogP contribution in [-0.4, -0.2) is 26.2 Å². The van der Waals surface area contributed by atoms with E-state index in [1.54, 1.807) is 0 Å². The number of hydrogen-bond acceptors (Lipinski definition) is 3. The van der Waals surface area contributed by atoms with Gasteiger partial charge in [-0.2, -0.15) is 0 Å². The Morgan fingerprint density at radius 3 is 2.74 bits per heavy atom. The Morgan fingerprint density at radius 1 is 1.32 bits per heavy atom. The van der Waals surface area contributed by atoms with Crippen molar-refractivity contribution in [2.45, 2.75) is 36.7 Å². The quantitative estimate of drug-likeness (QED) is 0.885. The predicted octanol–water partition coefficient (Wildman–Crippen LogP) is 1.66. The molecule has 0 bridgehead atoms. The number of rotatable bonds is 4. The minimum atomic E-state index is -3.81. The molecule has 0 radical (unpaired) electrons. The SMILES string of the molecule is O=S(=O)(NCC1CCCC(O)C1)c1ccccc1F. The molecule has 2 rings (SSSR count). The van der Waals surface area contributed by atoms with Gasteiger partial charge in [0.15, 0.2) is 0 Å². The maximum atomic E-state index is 13.5. The summed E-state index contributed by atoms with van der Waals surface area (Å²) >= 11 is 0. The first-order valence-electron chi connectivity index (χ1n) is 6.41. The largest absolute Gasteiger partial charge is 0.393 e. The first kappa shape index (κ1) is 14.4. The Hall–Kier alpha value is -0.980. The van der Waals surface area contributed by atoms with E-state index in [9.17, 15) is 17.9 Å². The van der Waals surface area contributed by atoms with E-state index in [2.05, 4.69) is 4.72 Å². The zero-order valence-corrected chi connectivity index (χ0v) is 11.4. The van der Waals surface area contributed by atoms with Gasteiger partial charge in [-0.05, 0) is 37.3 Å². The smallest absolute Gasteiger partial charge is 0.243 e. The molecule has 1 aromatic carbocycles. The first-order valence-corrected chi connectivity index (χ1v) is 7.89. The lowest BCUT2D eigenvalue weighted by Crippen LogP contribution is -2.33. The lowest BCUT2D eigenvalue weighted by atomic mass is 9.87. The van der Waals surface area contributed by atoms with Crippen LogP contribution >= 0.6 is 0 Å². The Bertz CT molecular complexity index is 532. The fourth-order valence-corrected chi connectivity index (χ4v) is 3.61. The van der Waals surface area contributed by atoms with Crippen LogP contribution in [0, 0.1) is 11.7 Å². The summed E-state index contributed by atoms with van der Waals surface area (Å²) in [6.07, 6.45) is 2.80. The van der Waals surface area contributed by atoms with Gasteiger partial charge in [0.25, 0.3) is 0 Å². The lowest BCUT2D eigenvalue weighted by molar-refractivity contribution is 0.102. The molecule has 0 amide bonds. The molecule has 0 heterocycles. The fraction of sp³-hybridized carbons (Fsp3) is 0.538. The van der Waals surface area contributed by atoms with Gasteiger partial charge in [0.2, 0.25) is 10.0 Å². The molecule has 1 aromatic rings. The summed E-state index contributed by atoms with van der Waals surface area (Å²) in [6.45, 7) is 0.244. The zero-order chi connectivity index (χ0) is 13.9. The van der Waals surface area contributed by atoms with Crippen LogP contribution in [0.15, 0.2) is 29.2 Å². The number of benzene rings is 1. The fourth-order valence-electron chi connectivity index (χ4n) is 2.42. The summed E-state index contributed by atoms with van der Waals surface area (Å²) in [4.78, 5) is -0.327. The topological polar surface area (TPSA) is 66.4 Å². The summed E-state index contributed by atoms with van der Waals surface area (Å²) in [7, 11) is -3.81. The monoisotopic (exact) mass is 287 g/mol. The van der Waals surface area contributed by atoms with Crippen molar-refractivity contribution >= 4 is 10.0 Å². The molecule has 1 aliphatic rings. The van der Waals surface area contributed by atoms with Crippen LogP contribution in [0.2, 0.25) is 0 Å². The average molecular weight is 287 g/mol. The normalized spacial score (nSPS) is 24.3. The van der Waals surface area contributed by atoms with Crippen molar-refractivity contribution in [3.8, 4) is 0 Å². The summed E-state index contributed by atoms with van der Waals surface area (Å²) in [5, 5.41) is 9.53. The molecule has 0 aromatic heterocycles. The molecule has 1 saturated carbocycles. The third-order valence-electron chi connectivity index (χ3n) is 3.44. The minimum absolute atomic E-state index is 0.116. The van der Waals surface area contributed by atoms with Gasteiger partial charge in [-0.1, -0.05) is 18.6 Å². The number of hydrogen-bond donors (Lipinski definition) is 2. The van der Waals surface area contributed by atoms with Crippen LogP contribution in [-0.2, 0) is 10.0 Å². The van der Waals surface area contributed by atoms with Gasteiger partial charge in [-0.15, -0.1) is 0 Å². The van der Waals surface area contributed by atoms with Crippen molar-refractivity contribution in [3.05, 3.63) is 30.1 Å². The number of aliphatic hydroxyl groups excluding tert-OH is 1. The number of sulfonamides is 1. The van der Waals surface area contributed by atoms with Crippen molar-refractivity contribution in [1.29, 1.82) is 0 Å². The molecule has 1 fully saturated rings. The van der Waals surface area contributed by atoms with Gasteiger partial charge < -0.3 is 5.11 Å². The molecule has 106 valence electrons. The Balaban J connectivity index is 2.00. The van der Waals surface area contributed by atoms with E-state index < -0.39 is 15.8 Å². The van der Waals surface area contributed by atoms with Gasteiger partial charge in [0, 0.05) is 6.54 Å². The highest BCUT2D eigenvalue weighted by Gasteiger charge is 2.23.